The number of carbonyl (C=O) groups excluding carboxylic acids is 2. The van der Waals surface area contributed by atoms with Gasteiger partial charge in [0.1, 0.15) is 0 Å². The standard InChI is InChI=1S/C13H18N4O4/c14-12(20)15-7-8-16-13(21)17(9-6-11(18)19)10-4-2-1-3-5-10/h1-5H,6-9H2,(H,16,21)(H,18,19)(H3,14,15,20). The third-order valence-corrected chi connectivity index (χ3v) is 2.56. The minimum atomic E-state index is -0.987. The van der Waals surface area contributed by atoms with Crippen LogP contribution in [0.5, 0.6) is 0 Å². The van der Waals surface area contributed by atoms with E-state index in [-0.39, 0.29) is 26.1 Å². The van der Waals surface area contributed by atoms with Gasteiger partial charge in [-0.25, -0.2) is 9.59 Å². The van der Waals surface area contributed by atoms with Crippen LogP contribution in [0.4, 0.5) is 15.3 Å². The average Bonchev–Trinajstić information content (AvgIpc) is 2.44. The second kappa shape index (κ2) is 8.41. The van der Waals surface area contributed by atoms with Crippen molar-refractivity contribution in [2.45, 2.75) is 6.42 Å². The Morgan fingerprint density at radius 3 is 2.29 bits per heavy atom. The average molecular weight is 294 g/mol. The highest BCUT2D eigenvalue weighted by molar-refractivity contribution is 5.92. The monoisotopic (exact) mass is 294 g/mol. The van der Waals surface area contributed by atoms with Crippen LogP contribution in [0.15, 0.2) is 30.3 Å². The lowest BCUT2D eigenvalue weighted by Crippen LogP contribution is -2.44. The van der Waals surface area contributed by atoms with Crippen LogP contribution in [0, 0.1) is 0 Å². The third kappa shape index (κ3) is 6.28. The number of aliphatic carboxylic acids is 1. The van der Waals surface area contributed by atoms with Gasteiger partial charge in [0, 0.05) is 25.3 Å². The fourth-order valence-corrected chi connectivity index (χ4v) is 1.61. The van der Waals surface area contributed by atoms with Crippen molar-refractivity contribution in [3.63, 3.8) is 0 Å². The summed E-state index contributed by atoms with van der Waals surface area (Å²) in [7, 11) is 0. The van der Waals surface area contributed by atoms with E-state index >= 15 is 0 Å². The molecule has 0 radical (unpaired) electrons. The van der Waals surface area contributed by atoms with Crippen LogP contribution < -0.4 is 21.3 Å². The highest BCUT2D eigenvalue weighted by Crippen LogP contribution is 2.13. The summed E-state index contributed by atoms with van der Waals surface area (Å²) in [4.78, 5) is 34.6. The van der Waals surface area contributed by atoms with Crippen molar-refractivity contribution in [1.82, 2.24) is 10.6 Å². The van der Waals surface area contributed by atoms with Crippen molar-refractivity contribution in [2.75, 3.05) is 24.5 Å². The number of benzene rings is 1. The zero-order chi connectivity index (χ0) is 15.7. The second-order valence-electron chi connectivity index (χ2n) is 4.15. The molecule has 1 rings (SSSR count). The van der Waals surface area contributed by atoms with Crippen molar-refractivity contribution >= 4 is 23.7 Å². The Bertz CT molecular complexity index is 492. The van der Waals surface area contributed by atoms with Gasteiger partial charge in [-0.05, 0) is 12.1 Å². The number of nitrogens with zero attached hydrogens (tertiary/aromatic N) is 1. The molecular weight excluding hydrogens is 276 g/mol. The smallest absolute Gasteiger partial charge is 0.321 e. The first kappa shape index (κ1) is 16.3. The van der Waals surface area contributed by atoms with Crippen LogP contribution in [0.3, 0.4) is 0 Å². The van der Waals surface area contributed by atoms with E-state index in [4.69, 9.17) is 10.8 Å². The third-order valence-electron chi connectivity index (χ3n) is 2.56. The molecule has 8 heteroatoms. The first-order chi connectivity index (χ1) is 10.0. The maximum absolute atomic E-state index is 12.1. The van der Waals surface area contributed by atoms with E-state index in [2.05, 4.69) is 10.6 Å². The van der Waals surface area contributed by atoms with Crippen molar-refractivity contribution in [2.24, 2.45) is 5.73 Å². The van der Waals surface area contributed by atoms with Gasteiger partial charge in [-0.1, -0.05) is 18.2 Å². The quantitative estimate of drug-likeness (QED) is 0.541. The fourth-order valence-electron chi connectivity index (χ4n) is 1.61. The number of primary amides is 1. The molecule has 0 saturated carbocycles. The Hall–Kier alpha value is -2.77. The van der Waals surface area contributed by atoms with E-state index in [1.54, 1.807) is 30.3 Å². The van der Waals surface area contributed by atoms with Crippen LogP contribution in [0.25, 0.3) is 0 Å². The van der Waals surface area contributed by atoms with Crippen LogP contribution in [-0.2, 0) is 4.79 Å². The van der Waals surface area contributed by atoms with E-state index in [1.165, 1.54) is 4.90 Å². The van der Waals surface area contributed by atoms with E-state index in [9.17, 15) is 14.4 Å². The zero-order valence-electron chi connectivity index (χ0n) is 11.4. The molecular formula is C13H18N4O4. The van der Waals surface area contributed by atoms with E-state index in [0.717, 1.165) is 0 Å². The molecule has 4 amide bonds. The van der Waals surface area contributed by atoms with Gasteiger partial charge in [0.25, 0.3) is 0 Å². The molecule has 1 aromatic carbocycles. The van der Waals surface area contributed by atoms with Gasteiger partial charge in [0.2, 0.25) is 0 Å². The number of carboxylic acid groups (broad SMARTS) is 1. The van der Waals surface area contributed by atoms with Gasteiger partial charge < -0.3 is 21.5 Å². The number of rotatable bonds is 7. The molecule has 8 nitrogen and oxygen atoms in total. The number of nitrogens with two attached hydrogens (primary N) is 1. The molecule has 0 aliphatic carbocycles. The number of carboxylic acids is 1. The highest BCUT2D eigenvalue weighted by Gasteiger charge is 2.16. The molecule has 0 aliphatic heterocycles. The lowest BCUT2D eigenvalue weighted by molar-refractivity contribution is -0.136. The Morgan fingerprint density at radius 1 is 1.10 bits per heavy atom. The predicted molar refractivity (Wildman–Crippen MR) is 77.0 cm³/mol. The maximum atomic E-state index is 12.1. The van der Waals surface area contributed by atoms with Gasteiger partial charge in [-0.15, -0.1) is 0 Å². The van der Waals surface area contributed by atoms with Crippen LogP contribution in [0.1, 0.15) is 6.42 Å². The molecule has 0 aliphatic rings. The molecule has 0 aromatic heterocycles. The van der Waals surface area contributed by atoms with Crippen molar-refractivity contribution in [1.29, 1.82) is 0 Å². The molecule has 0 spiro atoms. The van der Waals surface area contributed by atoms with Gasteiger partial charge in [0.05, 0.1) is 6.42 Å². The fraction of sp³-hybridized carbons (Fsp3) is 0.308. The largest absolute Gasteiger partial charge is 0.481 e. The number of hydrogen-bond donors (Lipinski definition) is 4. The topological polar surface area (TPSA) is 125 Å². The Labute approximate surface area is 121 Å². The minimum Gasteiger partial charge on any atom is -0.481 e. The molecule has 0 atom stereocenters. The van der Waals surface area contributed by atoms with Crippen molar-refractivity contribution in [3.8, 4) is 0 Å². The number of carbonyl (C=O) groups is 3. The molecule has 0 saturated heterocycles. The summed E-state index contributed by atoms with van der Waals surface area (Å²) in [6.45, 7) is 0.440. The number of nitrogens with one attached hydrogen (secondary N) is 2. The Morgan fingerprint density at radius 2 is 1.71 bits per heavy atom. The molecule has 21 heavy (non-hydrogen) atoms. The second-order valence-corrected chi connectivity index (χ2v) is 4.15. The highest BCUT2D eigenvalue weighted by atomic mass is 16.4. The molecule has 0 bridgehead atoms. The first-order valence-corrected chi connectivity index (χ1v) is 6.36. The summed E-state index contributed by atoms with van der Waals surface area (Å²) in [6, 6.07) is 7.62. The zero-order valence-corrected chi connectivity index (χ0v) is 11.4. The van der Waals surface area contributed by atoms with Crippen LogP contribution in [-0.4, -0.2) is 42.8 Å². The number of urea groups is 2. The number of amides is 4. The lowest BCUT2D eigenvalue weighted by atomic mass is 10.3. The Kier molecular flexibility index (Phi) is 6.52. The van der Waals surface area contributed by atoms with Gasteiger partial charge in [0.15, 0.2) is 0 Å². The predicted octanol–water partition coefficient (Wildman–Crippen LogP) is 0.346. The first-order valence-electron chi connectivity index (χ1n) is 6.36. The summed E-state index contributed by atoms with van der Waals surface area (Å²) < 4.78 is 0. The van der Waals surface area contributed by atoms with Crippen molar-refractivity contribution < 1.29 is 19.5 Å². The molecule has 0 fully saturated rings. The van der Waals surface area contributed by atoms with Gasteiger partial charge >= 0.3 is 18.0 Å². The van der Waals surface area contributed by atoms with Gasteiger partial charge in [-0.2, -0.15) is 0 Å². The number of anilines is 1. The SMILES string of the molecule is NC(=O)NCCNC(=O)N(CCC(=O)O)c1ccccc1. The minimum absolute atomic E-state index is 0.0500. The molecule has 1 aromatic rings. The summed E-state index contributed by atoms with van der Waals surface area (Å²) in [6.07, 6.45) is -0.165. The van der Waals surface area contributed by atoms with Gasteiger partial charge in [-0.3, -0.25) is 9.69 Å². The van der Waals surface area contributed by atoms with Crippen LogP contribution >= 0.6 is 0 Å². The molecule has 0 heterocycles. The van der Waals surface area contributed by atoms with Crippen molar-refractivity contribution in [3.05, 3.63) is 30.3 Å². The lowest BCUT2D eigenvalue weighted by Gasteiger charge is -2.22. The number of para-hydroxylation sites is 1. The summed E-state index contributed by atoms with van der Waals surface area (Å²) in [5.41, 5.74) is 5.50. The van der Waals surface area contributed by atoms with Crippen LogP contribution in [0.2, 0.25) is 0 Å². The summed E-state index contributed by atoms with van der Waals surface area (Å²) in [5.74, 6) is -0.987. The maximum Gasteiger partial charge on any atom is 0.321 e. The van der Waals surface area contributed by atoms with E-state index in [1.807, 2.05) is 0 Å². The number of hydrogen-bond acceptors (Lipinski definition) is 3. The van der Waals surface area contributed by atoms with E-state index in [0.29, 0.717) is 5.69 Å². The molecule has 0 unspecified atom stereocenters. The summed E-state index contributed by atoms with van der Waals surface area (Å²) >= 11 is 0. The van der Waals surface area contributed by atoms with E-state index < -0.39 is 18.0 Å². The molecule has 114 valence electrons. The molecule has 5 N–H and O–H groups in total. The normalized spacial score (nSPS) is 9.71. The summed E-state index contributed by atoms with van der Waals surface area (Å²) in [5, 5.41) is 13.7. The Balaban J connectivity index is 2.61.